The van der Waals surface area contributed by atoms with Gasteiger partial charge in [-0.3, -0.25) is 0 Å². The maximum Gasteiger partial charge on any atom is 0.263 e. The molecular formula is C32H47N3S. The van der Waals surface area contributed by atoms with Gasteiger partial charge >= 0.3 is 0 Å². The van der Waals surface area contributed by atoms with E-state index >= 15 is 0 Å². The second-order valence-corrected chi connectivity index (χ2v) is 11.2. The van der Waals surface area contributed by atoms with E-state index in [1.54, 1.807) is 17.4 Å². The summed E-state index contributed by atoms with van der Waals surface area (Å²) < 4.78 is 1.23. The van der Waals surface area contributed by atoms with Gasteiger partial charge in [0.05, 0.1) is 12.6 Å². The molecule has 0 aliphatic rings. The predicted octanol–water partition coefficient (Wildman–Crippen LogP) is 10.8. The molecule has 1 aromatic heterocycles. The van der Waals surface area contributed by atoms with Gasteiger partial charge in [-0.15, -0.1) is 11.3 Å². The molecule has 0 bridgehead atoms. The lowest BCUT2D eigenvalue weighted by molar-refractivity contribution is 0.555. The third-order valence-corrected chi connectivity index (χ3v) is 8.01. The second-order valence-electron chi connectivity index (χ2n) is 10.1. The smallest absolute Gasteiger partial charge is 0.263 e. The van der Waals surface area contributed by atoms with Crippen LogP contribution in [-0.4, -0.2) is 13.1 Å². The maximum atomic E-state index is 9.09. The molecule has 0 atom stereocenters. The number of rotatable bonds is 20. The molecule has 1 aromatic carbocycles. The number of hydrogen-bond acceptors (Lipinski definition) is 3. The first-order valence-corrected chi connectivity index (χ1v) is 15.3. The maximum absolute atomic E-state index is 9.09. The van der Waals surface area contributed by atoms with Gasteiger partial charge in [0.15, 0.2) is 0 Å². The van der Waals surface area contributed by atoms with E-state index in [0.29, 0.717) is 0 Å². The highest BCUT2D eigenvalue weighted by Crippen LogP contribution is 2.31. The van der Waals surface area contributed by atoms with Gasteiger partial charge in [-0.25, -0.2) is 10.1 Å². The van der Waals surface area contributed by atoms with E-state index in [4.69, 9.17) is 11.8 Å². The number of benzene rings is 1. The van der Waals surface area contributed by atoms with Crippen molar-refractivity contribution in [1.29, 1.82) is 5.26 Å². The number of allylic oxidation sites excluding steroid dienone is 1. The summed E-state index contributed by atoms with van der Waals surface area (Å²) in [5.41, 5.74) is 1.46. The summed E-state index contributed by atoms with van der Waals surface area (Å²) in [7, 11) is 0. The fraction of sp³-hybridized carbons (Fsp3) is 0.625. The van der Waals surface area contributed by atoms with Gasteiger partial charge in [-0.2, -0.15) is 0 Å². The largest absolute Gasteiger partial charge is 0.371 e. The zero-order chi connectivity index (χ0) is 25.8. The Labute approximate surface area is 225 Å². The minimum atomic E-state index is 0.146. The number of hydrogen-bond donors (Lipinski definition) is 0. The number of unbranched alkanes of at least 4 members (excludes halogenated alkanes) is 14. The molecule has 0 amide bonds. The molecule has 4 heteroatoms. The summed E-state index contributed by atoms with van der Waals surface area (Å²) >= 11 is 1.67. The van der Waals surface area contributed by atoms with Crippen LogP contribution in [0.1, 0.15) is 121 Å². The first-order chi connectivity index (χ1) is 17.7. The van der Waals surface area contributed by atoms with Crippen molar-refractivity contribution in [2.24, 2.45) is 0 Å². The summed E-state index contributed by atoms with van der Waals surface area (Å²) in [5, 5.41) is 10.3. The molecule has 2 rings (SSSR count). The van der Waals surface area contributed by atoms with Crippen LogP contribution in [0, 0.1) is 17.9 Å². The highest BCUT2D eigenvalue weighted by molar-refractivity contribution is 7.19. The molecular weight excluding hydrogens is 458 g/mol. The van der Waals surface area contributed by atoms with Crippen molar-refractivity contribution < 1.29 is 0 Å². The minimum absolute atomic E-state index is 0.146. The van der Waals surface area contributed by atoms with Gasteiger partial charge in [0.25, 0.3) is 5.70 Å². The molecule has 0 saturated heterocycles. The van der Waals surface area contributed by atoms with E-state index in [1.807, 2.05) is 6.07 Å². The van der Waals surface area contributed by atoms with Gasteiger partial charge < -0.3 is 4.90 Å². The highest BCUT2D eigenvalue weighted by Gasteiger charge is 2.09. The summed E-state index contributed by atoms with van der Waals surface area (Å²) in [5.74, 6) is 0. The number of anilines is 1. The fourth-order valence-electron chi connectivity index (χ4n) is 4.78. The summed E-state index contributed by atoms with van der Waals surface area (Å²) in [6.45, 7) is 14.0. The van der Waals surface area contributed by atoms with Crippen molar-refractivity contribution in [2.75, 3.05) is 18.0 Å². The fourth-order valence-corrected chi connectivity index (χ4v) is 5.81. The molecule has 3 nitrogen and oxygen atoms in total. The van der Waals surface area contributed by atoms with Crippen molar-refractivity contribution in [1.82, 2.24) is 0 Å². The van der Waals surface area contributed by atoms with Crippen LogP contribution >= 0.6 is 11.3 Å². The van der Waals surface area contributed by atoms with Crippen LogP contribution in [0.2, 0.25) is 0 Å². The summed E-state index contributed by atoms with van der Waals surface area (Å²) in [6, 6.07) is 10.8. The zero-order valence-electron chi connectivity index (χ0n) is 22.9. The van der Waals surface area contributed by atoms with E-state index in [1.165, 1.54) is 119 Å². The molecule has 36 heavy (non-hydrogen) atoms. The number of thiophene rings is 1. The van der Waals surface area contributed by atoms with Gasteiger partial charge in [-0.1, -0.05) is 110 Å². The normalized spacial score (nSPS) is 11.5. The minimum Gasteiger partial charge on any atom is -0.371 e. The Hall–Kier alpha value is -2.30. The zero-order valence-corrected chi connectivity index (χ0v) is 23.7. The lowest BCUT2D eigenvalue weighted by Crippen LogP contribution is -2.25. The Morgan fingerprint density at radius 3 is 1.86 bits per heavy atom. The number of nitrogens with zero attached hydrogens (tertiary/aromatic N) is 3. The van der Waals surface area contributed by atoms with Crippen molar-refractivity contribution in [2.45, 2.75) is 117 Å². The van der Waals surface area contributed by atoms with Crippen molar-refractivity contribution >= 4 is 33.2 Å². The average Bonchev–Trinajstić information content (AvgIpc) is 3.30. The summed E-state index contributed by atoms with van der Waals surface area (Å²) in [6.07, 6.45) is 23.3. The van der Waals surface area contributed by atoms with Crippen LogP contribution in [0.5, 0.6) is 0 Å². The third-order valence-electron chi connectivity index (χ3n) is 6.97. The topological polar surface area (TPSA) is 31.4 Å². The van der Waals surface area contributed by atoms with Crippen LogP contribution in [0.25, 0.3) is 21.0 Å². The third kappa shape index (κ3) is 11.6. The standard InChI is InChI=1S/C32H47N3S/c1-4-6-8-10-12-14-16-18-22-35(23-19-17-15-13-11-9-7-5-2)30-21-20-28-24-31(36-32(28)26-30)25-29(27-33)34-3/h20-21,24-26H,4-19,22-23H2,1-2H3/b29-25-. The van der Waals surface area contributed by atoms with E-state index in [0.717, 1.165) is 18.0 Å². The van der Waals surface area contributed by atoms with Gasteiger partial charge in [0.2, 0.25) is 0 Å². The molecule has 0 unspecified atom stereocenters. The van der Waals surface area contributed by atoms with E-state index in [2.05, 4.69) is 47.9 Å². The van der Waals surface area contributed by atoms with Crippen molar-refractivity contribution in [3.63, 3.8) is 0 Å². The lowest BCUT2D eigenvalue weighted by Gasteiger charge is -2.25. The van der Waals surface area contributed by atoms with Crippen molar-refractivity contribution in [3.8, 4) is 6.07 Å². The number of fused-ring (bicyclic) bond motifs is 1. The monoisotopic (exact) mass is 505 g/mol. The molecule has 0 aliphatic carbocycles. The molecule has 0 radical (unpaired) electrons. The molecule has 1 heterocycles. The Morgan fingerprint density at radius 1 is 0.833 bits per heavy atom. The first-order valence-electron chi connectivity index (χ1n) is 14.5. The van der Waals surface area contributed by atoms with Gasteiger partial charge in [-0.05, 0) is 42.5 Å². The van der Waals surface area contributed by atoms with E-state index < -0.39 is 0 Å². The van der Waals surface area contributed by atoms with E-state index in [-0.39, 0.29) is 5.70 Å². The van der Waals surface area contributed by atoms with Crippen LogP contribution in [-0.2, 0) is 0 Å². The molecule has 0 aliphatic heterocycles. The molecule has 196 valence electrons. The Balaban J connectivity index is 1.95. The average molecular weight is 506 g/mol. The lowest BCUT2D eigenvalue weighted by atomic mass is 10.1. The second kappa shape index (κ2) is 18.9. The van der Waals surface area contributed by atoms with Gasteiger partial charge in [0, 0.05) is 28.4 Å². The van der Waals surface area contributed by atoms with Crippen LogP contribution in [0.4, 0.5) is 5.69 Å². The van der Waals surface area contributed by atoms with E-state index in [9.17, 15) is 0 Å². The highest BCUT2D eigenvalue weighted by atomic mass is 32.1. The van der Waals surface area contributed by atoms with Crippen LogP contribution in [0.3, 0.4) is 0 Å². The van der Waals surface area contributed by atoms with Crippen LogP contribution < -0.4 is 4.90 Å². The molecule has 0 saturated carbocycles. The van der Waals surface area contributed by atoms with Gasteiger partial charge in [0.1, 0.15) is 0 Å². The molecule has 0 N–H and O–H groups in total. The number of nitriles is 1. The SMILES string of the molecule is [C-]#[N+]/C(C#N)=C\c1cc2ccc(N(CCCCCCCCCC)CCCCCCCCCC)cc2s1. The first kappa shape index (κ1) is 29.9. The van der Waals surface area contributed by atoms with Crippen molar-refractivity contribution in [3.05, 3.63) is 46.3 Å². The van der Waals surface area contributed by atoms with Crippen LogP contribution in [0.15, 0.2) is 30.0 Å². The Bertz CT molecular complexity index is 939. The molecule has 2 aromatic rings. The molecule has 0 fully saturated rings. The summed E-state index contributed by atoms with van der Waals surface area (Å²) in [4.78, 5) is 6.88. The molecule has 0 spiro atoms. The Morgan fingerprint density at radius 2 is 1.36 bits per heavy atom. The Kier molecular flexibility index (Phi) is 15.7. The predicted molar refractivity (Wildman–Crippen MR) is 159 cm³/mol. The quantitative estimate of drug-likeness (QED) is 0.102.